The first-order chi connectivity index (χ1) is 13.8. The number of hydrogen-bond acceptors (Lipinski definition) is 6. The quantitative estimate of drug-likeness (QED) is 0.609. The van der Waals surface area contributed by atoms with E-state index in [1.54, 1.807) is 20.8 Å². The van der Waals surface area contributed by atoms with Crippen molar-refractivity contribution >= 4 is 23.9 Å². The maximum atomic E-state index is 12.2. The fourth-order valence-electron chi connectivity index (χ4n) is 2.65. The van der Waals surface area contributed by atoms with Crippen LogP contribution in [-0.2, 0) is 20.8 Å². The first-order valence-electron chi connectivity index (χ1n) is 8.98. The molecule has 1 heterocycles. The Hall–Kier alpha value is -3.62. The zero-order chi connectivity index (χ0) is 21.4. The van der Waals surface area contributed by atoms with Gasteiger partial charge in [0.25, 0.3) is 5.91 Å². The van der Waals surface area contributed by atoms with Gasteiger partial charge in [-0.15, -0.1) is 0 Å². The Labute approximate surface area is 167 Å². The van der Waals surface area contributed by atoms with Crippen LogP contribution >= 0.6 is 0 Å². The third kappa shape index (κ3) is 5.93. The lowest BCUT2D eigenvalue weighted by Gasteiger charge is -2.07. The fourth-order valence-corrected chi connectivity index (χ4v) is 2.65. The van der Waals surface area contributed by atoms with Crippen LogP contribution < -0.4 is 10.6 Å². The Morgan fingerprint density at radius 2 is 1.69 bits per heavy atom. The predicted molar refractivity (Wildman–Crippen MR) is 103 cm³/mol. The van der Waals surface area contributed by atoms with Crippen molar-refractivity contribution in [2.75, 3.05) is 13.2 Å². The van der Waals surface area contributed by atoms with Gasteiger partial charge in [0.1, 0.15) is 5.69 Å². The number of carbonyl (C=O) groups is 4. The van der Waals surface area contributed by atoms with E-state index in [1.807, 2.05) is 30.3 Å². The average molecular weight is 401 g/mol. The number of hydrogen-bond donors (Lipinski definition) is 3. The Morgan fingerprint density at radius 1 is 1.00 bits per heavy atom. The highest BCUT2D eigenvalue weighted by Gasteiger charge is 2.24. The number of carbonyl (C=O) groups excluding carboxylic acids is 4. The zero-order valence-corrected chi connectivity index (χ0v) is 16.5. The summed E-state index contributed by atoms with van der Waals surface area (Å²) in [6.07, 6.45) is 0. The van der Waals surface area contributed by atoms with Crippen molar-refractivity contribution in [1.29, 1.82) is 0 Å². The van der Waals surface area contributed by atoms with Crippen LogP contribution in [0.3, 0.4) is 0 Å². The monoisotopic (exact) mass is 401 g/mol. The molecule has 0 aliphatic rings. The summed E-state index contributed by atoms with van der Waals surface area (Å²) in [7, 11) is 0. The molecule has 29 heavy (non-hydrogen) atoms. The number of ether oxygens (including phenoxy) is 2. The Kier molecular flexibility index (Phi) is 7.53. The molecule has 0 bridgehead atoms. The highest BCUT2D eigenvalue weighted by Crippen LogP contribution is 2.19. The summed E-state index contributed by atoms with van der Waals surface area (Å²) in [6, 6.07) is 8.47. The van der Waals surface area contributed by atoms with E-state index in [4.69, 9.17) is 9.47 Å². The molecular formula is C20H23N3O6. The normalized spacial score (nSPS) is 10.2. The minimum Gasteiger partial charge on any atom is -0.462 e. The number of aromatic amines is 1. The summed E-state index contributed by atoms with van der Waals surface area (Å²) < 4.78 is 9.89. The topological polar surface area (TPSA) is 127 Å². The van der Waals surface area contributed by atoms with E-state index in [1.165, 1.54) is 0 Å². The van der Waals surface area contributed by atoms with Gasteiger partial charge in [-0.1, -0.05) is 30.3 Å². The van der Waals surface area contributed by atoms with Gasteiger partial charge in [0, 0.05) is 12.2 Å². The molecule has 154 valence electrons. The van der Waals surface area contributed by atoms with Gasteiger partial charge in [-0.05, 0) is 31.9 Å². The lowest BCUT2D eigenvalue weighted by molar-refractivity contribution is -0.123. The number of amides is 3. The Bertz CT molecular complexity index is 904. The molecule has 2 aromatic rings. The Balaban J connectivity index is 1.85. The van der Waals surface area contributed by atoms with Crippen LogP contribution in [0.1, 0.15) is 44.6 Å². The zero-order valence-electron chi connectivity index (χ0n) is 16.5. The van der Waals surface area contributed by atoms with Gasteiger partial charge >= 0.3 is 18.0 Å². The molecule has 3 amide bonds. The molecule has 9 heteroatoms. The second-order valence-electron chi connectivity index (χ2n) is 6.14. The molecule has 0 atom stereocenters. The number of rotatable bonds is 7. The first kappa shape index (κ1) is 21.7. The van der Waals surface area contributed by atoms with Crippen molar-refractivity contribution in [2.45, 2.75) is 27.3 Å². The number of H-pyrrole nitrogens is 1. The maximum absolute atomic E-state index is 12.2. The molecule has 0 aliphatic carbocycles. The molecule has 0 radical (unpaired) electrons. The van der Waals surface area contributed by atoms with Gasteiger partial charge in [-0.3, -0.25) is 10.1 Å². The van der Waals surface area contributed by atoms with Crippen LogP contribution in [0.25, 0.3) is 0 Å². The highest BCUT2D eigenvalue weighted by molar-refractivity contribution is 6.00. The second-order valence-corrected chi connectivity index (χ2v) is 6.14. The number of esters is 2. The average Bonchev–Trinajstić information content (AvgIpc) is 2.99. The van der Waals surface area contributed by atoms with Gasteiger partial charge in [0.2, 0.25) is 0 Å². The van der Waals surface area contributed by atoms with E-state index in [0.717, 1.165) is 5.56 Å². The predicted octanol–water partition coefficient (Wildman–Crippen LogP) is 1.99. The minimum absolute atomic E-state index is 0.0480. The molecule has 0 aliphatic heterocycles. The molecule has 0 fully saturated rings. The molecule has 2 rings (SSSR count). The highest BCUT2D eigenvalue weighted by atomic mass is 16.5. The van der Waals surface area contributed by atoms with E-state index in [2.05, 4.69) is 15.6 Å². The second kappa shape index (κ2) is 10.1. The van der Waals surface area contributed by atoms with Gasteiger partial charge < -0.3 is 19.8 Å². The molecule has 9 nitrogen and oxygen atoms in total. The number of imide groups is 1. The number of benzene rings is 1. The molecule has 0 unspecified atom stereocenters. The minimum atomic E-state index is -0.819. The summed E-state index contributed by atoms with van der Waals surface area (Å²) in [5.41, 5.74) is 2.00. The van der Waals surface area contributed by atoms with E-state index >= 15 is 0 Å². The number of urea groups is 1. The summed E-state index contributed by atoms with van der Waals surface area (Å²) in [5.74, 6) is -2.15. The SMILES string of the molecule is CCOC(=O)c1c(C)[nH]c(C(=O)OCC(=O)NC(=O)NCc2ccccc2)c1C. The molecule has 0 saturated heterocycles. The van der Waals surface area contributed by atoms with Crippen LogP contribution in [0.2, 0.25) is 0 Å². The van der Waals surface area contributed by atoms with E-state index in [0.29, 0.717) is 11.3 Å². The lowest BCUT2D eigenvalue weighted by atomic mass is 10.1. The van der Waals surface area contributed by atoms with Crippen molar-refractivity contribution in [2.24, 2.45) is 0 Å². The van der Waals surface area contributed by atoms with E-state index in [9.17, 15) is 19.2 Å². The number of aryl methyl sites for hydroxylation is 1. The van der Waals surface area contributed by atoms with Crippen LogP contribution in [0, 0.1) is 13.8 Å². The summed E-state index contributed by atoms with van der Waals surface area (Å²) >= 11 is 0. The number of aromatic nitrogens is 1. The molecule has 3 N–H and O–H groups in total. The number of nitrogens with one attached hydrogen (secondary N) is 3. The Morgan fingerprint density at radius 3 is 2.34 bits per heavy atom. The van der Waals surface area contributed by atoms with E-state index < -0.39 is 30.5 Å². The van der Waals surface area contributed by atoms with Crippen molar-refractivity contribution in [3.05, 3.63) is 58.4 Å². The largest absolute Gasteiger partial charge is 0.462 e. The third-order valence-electron chi connectivity index (χ3n) is 4.00. The van der Waals surface area contributed by atoms with Crippen LogP contribution in [0.4, 0.5) is 4.79 Å². The molecular weight excluding hydrogens is 378 g/mol. The lowest BCUT2D eigenvalue weighted by Crippen LogP contribution is -2.41. The first-order valence-corrected chi connectivity index (χ1v) is 8.98. The van der Waals surface area contributed by atoms with Crippen molar-refractivity contribution in [1.82, 2.24) is 15.6 Å². The maximum Gasteiger partial charge on any atom is 0.355 e. The fraction of sp³-hybridized carbons (Fsp3) is 0.300. The van der Waals surface area contributed by atoms with Crippen molar-refractivity contribution in [3.8, 4) is 0 Å². The molecule has 0 saturated carbocycles. The van der Waals surface area contributed by atoms with Crippen LogP contribution in [0.5, 0.6) is 0 Å². The van der Waals surface area contributed by atoms with Gasteiger partial charge in [0.15, 0.2) is 6.61 Å². The summed E-state index contributed by atoms with van der Waals surface area (Å²) in [4.78, 5) is 50.5. The molecule has 1 aromatic heterocycles. The smallest absolute Gasteiger partial charge is 0.355 e. The summed E-state index contributed by atoms with van der Waals surface area (Å²) in [5, 5.41) is 4.60. The summed E-state index contributed by atoms with van der Waals surface area (Å²) in [6.45, 7) is 4.68. The molecule has 0 spiro atoms. The standard InChI is InChI=1S/C20H23N3O6/c1-4-28-18(25)16-12(2)17(22-13(16)3)19(26)29-11-15(24)23-20(27)21-10-14-8-6-5-7-9-14/h5-9,22H,4,10-11H2,1-3H3,(H2,21,23,24,27). The van der Waals surface area contributed by atoms with Crippen molar-refractivity contribution in [3.63, 3.8) is 0 Å². The molecule has 1 aromatic carbocycles. The van der Waals surface area contributed by atoms with Crippen molar-refractivity contribution < 1.29 is 28.7 Å². The third-order valence-corrected chi connectivity index (χ3v) is 4.00. The van der Waals surface area contributed by atoms with Gasteiger partial charge in [-0.2, -0.15) is 0 Å². The van der Waals surface area contributed by atoms with Crippen LogP contribution in [0.15, 0.2) is 30.3 Å². The van der Waals surface area contributed by atoms with Crippen LogP contribution in [-0.4, -0.2) is 42.1 Å². The van der Waals surface area contributed by atoms with Gasteiger partial charge in [-0.25, -0.2) is 14.4 Å². The van der Waals surface area contributed by atoms with E-state index in [-0.39, 0.29) is 24.4 Å². The van der Waals surface area contributed by atoms with Gasteiger partial charge in [0.05, 0.1) is 12.2 Å².